The Morgan fingerprint density at radius 2 is 2.50 bits per heavy atom. The maximum absolute atomic E-state index is 11.8. The smallest absolute Gasteiger partial charge is 0.238 e. The van der Waals surface area contributed by atoms with Crippen molar-refractivity contribution < 1.29 is 4.79 Å². The molecule has 2 heterocycles. The van der Waals surface area contributed by atoms with Crippen molar-refractivity contribution in [1.29, 1.82) is 0 Å². The Hall–Kier alpha value is -0.260. The minimum Gasteiger partial charge on any atom is -0.354 e. The number of rotatable bonds is 3. The van der Waals surface area contributed by atoms with Crippen LogP contribution in [-0.4, -0.2) is 61.6 Å². The molecule has 1 amide bonds. The zero-order valence-electron chi connectivity index (χ0n) is 9.87. The highest BCUT2D eigenvalue weighted by Gasteiger charge is 2.23. The van der Waals surface area contributed by atoms with Crippen LogP contribution in [0.25, 0.3) is 0 Å². The van der Waals surface area contributed by atoms with Gasteiger partial charge in [-0.1, -0.05) is 0 Å². The van der Waals surface area contributed by atoms with E-state index in [-0.39, 0.29) is 11.9 Å². The second-order valence-corrected chi connectivity index (χ2v) is 5.89. The van der Waals surface area contributed by atoms with Gasteiger partial charge in [-0.15, -0.1) is 0 Å². The first kappa shape index (κ1) is 12.2. The Kier molecular flexibility index (Phi) is 4.49. The molecule has 0 spiro atoms. The van der Waals surface area contributed by atoms with Gasteiger partial charge in [-0.3, -0.25) is 4.79 Å². The minimum atomic E-state index is 0.0258. The standard InChI is InChI=1S/C11H21N3OS/c1-14-4-2-9(7-14)6-13-11(15)10-8-16-5-3-12-10/h9-10,12H,2-8H2,1H3,(H,13,15). The van der Waals surface area contributed by atoms with Gasteiger partial charge < -0.3 is 15.5 Å². The number of hydrogen-bond acceptors (Lipinski definition) is 4. The Morgan fingerprint density at radius 1 is 1.62 bits per heavy atom. The van der Waals surface area contributed by atoms with E-state index in [1.807, 2.05) is 11.8 Å². The quantitative estimate of drug-likeness (QED) is 0.718. The number of nitrogens with one attached hydrogen (secondary N) is 2. The van der Waals surface area contributed by atoms with Gasteiger partial charge in [0.2, 0.25) is 5.91 Å². The first-order valence-electron chi connectivity index (χ1n) is 6.03. The molecule has 2 unspecified atom stereocenters. The summed E-state index contributed by atoms with van der Waals surface area (Å²) in [6, 6.07) is 0.0258. The lowest BCUT2D eigenvalue weighted by Crippen LogP contribution is -2.49. The molecule has 0 bridgehead atoms. The molecule has 2 aliphatic rings. The molecule has 92 valence electrons. The SMILES string of the molecule is CN1CCC(CNC(=O)C2CSCCN2)C1. The summed E-state index contributed by atoms with van der Waals surface area (Å²) in [6.45, 7) is 4.08. The summed E-state index contributed by atoms with van der Waals surface area (Å²) >= 11 is 1.86. The lowest BCUT2D eigenvalue weighted by molar-refractivity contribution is -0.122. The van der Waals surface area contributed by atoms with E-state index in [4.69, 9.17) is 0 Å². The average Bonchev–Trinajstić information content (AvgIpc) is 2.73. The Bertz CT molecular complexity index is 243. The highest BCUT2D eigenvalue weighted by Crippen LogP contribution is 2.13. The summed E-state index contributed by atoms with van der Waals surface area (Å²) in [5.74, 6) is 2.86. The van der Waals surface area contributed by atoms with Gasteiger partial charge in [0.25, 0.3) is 0 Å². The van der Waals surface area contributed by atoms with Crippen LogP contribution in [0, 0.1) is 5.92 Å². The highest BCUT2D eigenvalue weighted by atomic mass is 32.2. The van der Waals surface area contributed by atoms with E-state index < -0.39 is 0 Å². The molecule has 4 nitrogen and oxygen atoms in total. The van der Waals surface area contributed by atoms with E-state index >= 15 is 0 Å². The second-order valence-electron chi connectivity index (χ2n) is 4.74. The van der Waals surface area contributed by atoms with Gasteiger partial charge in [-0.2, -0.15) is 11.8 Å². The number of thioether (sulfide) groups is 1. The van der Waals surface area contributed by atoms with Crippen molar-refractivity contribution >= 4 is 17.7 Å². The molecule has 0 aliphatic carbocycles. The largest absolute Gasteiger partial charge is 0.354 e. The van der Waals surface area contributed by atoms with Crippen LogP contribution in [0.15, 0.2) is 0 Å². The van der Waals surface area contributed by atoms with Crippen LogP contribution < -0.4 is 10.6 Å². The first-order chi connectivity index (χ1) is 7.75. The summed E-state index contributed by atoms with van der Waals surface area (Å²) < 4.78 is 0. The van der Waals surface area contributed by atoms with Crippen molar-refractivity contribution in [1.82, 2.24) is 15.5 Å². The lowest BCUT2D eigenvalue weighted by atomic mass is 10.1. The molecule has 2 aliphatic heterocycles. The van der Waals surface area contributed by atoms with Crippen molar-refractivity contribution in [2.24, 2.45) is 5.92 Å². The zero-order chi connectivity index (χ0) is 11.4. The monoisotopic (exact) mass is 243 g/mol. The van der Waals surface area contributed by atoms with Gasteiger partial charge >= 0.3 is 0 Å². The van der Waals surface area contributed by atoms with E-state index in [9.17, 15) is 4.79 Å². The number of carbonyl (C=O) groups excluding carboxylic acids is 1. The van der Waals surface area contributed by atoms with Crippen LogP contribution in [0.1, 0.15) is 6.42 Å². The van der Waals surface area contributed by atoms with Crippen molar-refractivity contribution in [2.45, 2.75) is 12.5 Å². The van der Waals surface area contributed by atoms with E-state index in [1.54, 1.807) is 0 Å². The minimum absolute atomic E-state index is 0.0258. The number of amides is 1. The molecule has 0 saturated carbocycles. The fraction of sp³-hybridized carbons (Fsp3) is 0.909. The van der Waals surface area contributed by atoms with Gasteiger partial charge in [-0.05, 0) is 25.9 Å². The van der Waals surface area contributed by atoms with Crippen LogP contribution in [-0.2, 0) is 4.79 Å². The predicted octanol–water partition coefficient (Wildman–Crippen LogP) is -0.241. The molecule has 2 rings (SSSR count). The molecule has 0 aromatic carbocycles. The molecule has 0 radical (unpaired) electrons. The van der Waals surface area contributed by atoms with E-state index in [0.717, 1.165) is 37.7 Å². The molecule has 2 N–H and O–H groups in total. The third-order valence-corrected chi connectivity index (χ3v) is 4.35. The zero-order valence-corrected chi connectivity index (χ0v) is 10.7. The number of nitrogens with zero attached hydrogens (tertiary/aromatic N) is 1. The fourth-order valence-electron chi connectivity index (χ4n) is 2.29. The molecular formula is C11H21N3OS. The Balaban J connectivity index is 1.66. The molecular weight excluding hydrogens is 222 g/mol. The van der Waals surface area contributed by atoms with E-state index in [2.05, 4.69) is 22.6 Å². The number of likely N-dealkylation sites (tertiary alicyclic amines) is 1. The van der Waals surface area contributed by atoms with Gasteiger partial charge in [-0.25, -0.2) is 0 Å². The molecule has 0 aromatic rings. The molecule has 5 heteroatoms. The van der Waals surface area contributed by atoms with Crippen LogP contribution in [0.3, 0.4) is 0 Å². The first-order valence-corrected chi connectivity index (χ1v) is 7.18. The topological polar surface area (TPSA) is 44.4 Å². The van der Waals surface area contributed by atoms with Crippen LogP contribution in [0.4, 0.5) is 0 Å². The highest BCUT2D eigenvalue weighted by molar-refractivity contribution is 7.99. The molecule has 2 atom stereocenters. The number of carbonyl (C=O) groups is 1. The third-order valence-electron chi connectivity index (χ3n) is 3.29. The van der Waals surface area contributed by atoms with E-state index in [1.165, 1.54) is 6.42 Å². The molecule has 0 aromatic heterocycles. The summed E-state index contributed by atoms with van der Waals surface area (Å²) in [5, 5.41) is 6.33. The fourth-order valence-corrected chi connectivity index (χ4v) is 3.23. The van der Waals surface area contributed by atoms with Crippen molar-refractivity contribution in [3.05, 3.63) is 0 Å². The molecule has 2 saturated heterocycles. The van der Waals surface area contributed by atoms with Gasteiger partial charge in [0.15, 0.2) is 0 Å². The van der Waals surface area contributed by atoms with Crippen molar-refractivity contribution in [3.8, 4) is 0 Å². The van der Waals surface area contributed by atoms with Crippen LogP contribution in [0.5, 0.6) is 0 Å². The molecule has 2 fully saturated rings. The summed E-state index contributed by atoms with van der Waals surface area (Å²) in [4.78, 5) is 14.2. The van der Waals surface area contributed by atoms with Crippen molar-refractivity contribution in [2.75, 3.05) is 44.7 Å². The Labute approximate surface area is 102 Å². The van der Waals surface area contributed by atoms with Gasteiger partial charge in [0.1, 0.15) is 0 Å². The average molecular weight is 243 g/mol. The third kappa shape index (κ3) is 3.37. The lowest BCUT2D eigenvalue weighted by Gasteiger charge is -2.23. The van der Waals surface area contributed by atoms with Gasteiger partial charge in [0, 0.05) is 31.1 Å². The molecule has 16 heavy (non-hydrogen) atoms. The number of hydrogen-bond donors (Lipinski definition) is 2. The van der Waals surface area contributed by atoms with Gasteiger partial charge in [0.05, 0.1) is 6.04 Å². The maximum Gasteiger partial charge on any atom is 0.238 e. The normalized spacial score (nSPS) is 31.6. The van der Waals surface area contributed by atoms with Crippen LogP contribution in [0.2, 0.25) is 0 Å². The second kappa shape index (κ2) is 5.89. The maximum atomic E-state index is 11.8. The summed E-state index contributed by atoms with van der Waals surface area (Å²) in [7, 11) is 2.14. The van der Waals surface area contributed by atoms with Crippen molar-refractivity contribution in [3.63, 3.8) is 0 Å². The van der Waals surface area contributed by atoms with Crippen LogP contribution >= 0.6 is 11.8 Å². The van der Waals surface area contributed by atoms with E-state index in [0.29, 0.717) is 5.92 Å². The summed E-state index contributed by atoms with van der Waals surface area (Å²) in [5.41, 5.74) is 0. The predicted molar refractivity (Wildman–Crippen MR) is 67.7 cm³/mol. The Morgan fingerprint density at radius 3 is 3.12 bits per heavy atom. The summed E-state index contributed by atoms with van der Waals surface area (Å²) in [6.07, 6.45) is 1.21.